The van der Waals surface area contributed by atoms with Crippen molar-refractivity contribution in [1.82, 2.24) is 4.90 Å². The molecule has 2 N–H and O–H groups in total. The summed E-state index contributed by atoms with van der Waals surface area (Å²) in [6.45, 7) is 8.52. The monoisotopic (exact) mass is 214 g/mol. The van der Waals surface area contributed by atoms with E-state index in [4.69, 9.17) is 5.73 Å². The van der Waals surface area contributed by atoms with E-state index in [-0.39, 0.29) is 11.8 Å². The molecular formula is C12H26N2O. The van der Waals surface area contributed by atoms with Crippen molar-refractivity contribution in [2.24, 2.45) is 11.7 Å². The van der Waals surface area contributed by atoms with Gasteiger partial charge in [0.1, 0.15) is 0 Å². The van der Waals surface area contributed by atoms with Crippen molar-refractivity contribution in [3.05, 3.63) is 0 Å². The molecule has 0 radical (unpaired) electrons. The molecular weight excluding hydrogens is 188 g/mol. The summed E-state index contributed by atoms with van der Waals surface area (Å²) < 4.78 is 0. The highest BCUT2D eigenvalue weighted by Crippen LogP contribution is 2.10. The molecule has 3 nitrogen and oxygen atoms in total. The second-order valence-electron chi connectivity index (χ2n) is 4.05. The third kappa shape index (κ3) is 5.17. The first-order valence-electron chi connectivity index (χ1n) is 6.19. The Labute approximate surface area is 94.0 Å². The molecule has 0 saturated carbocycles. The van der Waals surface area contributed by atoms with Gasteiger partial charge in [0.05, 0.1) is 5.92 Å². The molecule has 0 rings (SSSR count). The van der Waals surface area contributed by atoms with E-state index in [0.717, 1.165) is 38.8 Å². The molecule has 0 aromatic rings. The summed E-state index contributed by atoms with van der Waals surface area (Å²) in [5.41, 5.74) is 5.64. The zero-order valence-corrected chi connectivity index (χ0v) is 10.5. The first-order valence-corrected chi connectivity index (χ1v) is 6.19. The molecule has 1 atom stereocenters. The molecule has 0 fully saturated rings. The fourth-order valence-corrected chi connectivity index (χ4v) is 1.82. The predicted octanol–water partition coefficient (Wildman–Crippen LogP) is 2.01. The maximum absolute atomic E-state index is 12.1. The molecule has 0 aliphatic rings. The van der Waals surface area contributed by atoms with Gasteiger partial charge in [0.25, 0.3) is 0 Å². The van der Waals surface area contributed by atoms with Crippen LogP contribution in [0.4, 0.5) is 0 Å². The minimum absolute atomic E-state index is 0.0353. The molecule has 0 spiro atoms. The van der Waals surface area contributed by atoms with Crippen molar-refractivity contribution >= 4 is 5.91 Å². The first-order chi connectivity index (χ1) is 7.21. The van der Waals surface area contributed by atoms with Crippen LogP contribution in [0, 0.1) is 5.92 Å². The van der Waals surface area contributed by atoms with Crippen LogP contribution in [-0.4, -0.2) is 30.4 Å². The topological polar surface area (TPSA) is 46.3 Å². The highest BCUT2D eigenvalue weighted by Gasteiger charge is 2.20. The highest BCUT2D eigenvalue weighted by atomic mass is 16.2. The van der Waals surface area contributed by atoms with E-state index in [2.05, 4.69) is 20.8 Å². The van der Waals surface area contributed by atoms with Crippen LogP contribution in [0.15, 0.2) is 0 Å². The van der Waals surface area contributed by atoms with E-state index in [1.807, 2.05) is 4.90 Å². The Morgan fingerprint density at radius 3 is 2.00 bits per heavy atom. The largest absolute Gasteiger partial charge is 0.342 e. The summed E-state index contributed by atoms with van der Waals surface area (Å²) in [7, 11) is 0. The maximum Gasteiger partial charge on any atom is 0.226 e. The van der Waals surface area contributed by atoms with Gasteiger partial charge < -0.3 is 10.6 Å². The fourth-order valence-electron chi connectivity index (χ4n) is 1.82. The molecule has 0 aromatic carbocycles. The third-order valence-corrected chi connectivity index (χ3v) is 2.57. The summed E-state index contributed by atoms with van der Waals surface area (Å²) >= 11 is 0. The van der Waals surface area contributed by atoms with Crippen molar-refractivity contribution in [2.45, 2.75) is 46.5 Å². The summed E-state index contributed by atoms with van der Waals surface area (Å²) in [6, 6.07) is 0. The van der Waals surface area contributed by atoms with E-state index in [9.17, 15) is 4.79 Å². The van der Waals surface area contributed by atoms with Gasteiger partial charge in [0, 0.05) is 19.6 Å². The summed E-state index contributed by atoms with van der Waals surface area (Å²) in [5, 5.41) is 0. The maximum atomic E-state index is 12.1. The second kappa shape index (κ2) is 8.72. The smallest absolute Gasteiger partial charge is 0.226 e. The number of rotatable bonds is 8. The quantitative estimate of drug-likeness (QED) is 0.672. The molecule has 0 aliphatic carbocycles. The van der Waals surface area contributed by atoms with Gasteiger partial charge in [-0.15, -0.1) is 0 Å². The van der Waals surface area contributed by atoms with Crippen molar-refractivity contribution < 1.29 is 4.79 Å². The van der Waals surface area contributed by atoms with Crippen LogP contribution < -0.4 is 5.73 Å². The normalized spacial score (nSPS) is 12.5. The lowest BCUT2D eigenvalue weighted by Crippen LogP contribution is -2.40. The summed E-state index contributed by atoms with van der Waals surface area (Å²) in [4.78, 5) is 14.1. The Hall–Kier alpha value is -0.570. The average Bonchev–Trinajstić information content (AvgIpc) is 2.24. The van der Waals surface area contributed by atoms with Crippen molar-refractivity contribution in [3.8, 4) is 0 Å². The lowest BCUT2D eigenvalue weighted by Gasteiger charge is -2.26. The number of nitrogens with zero attached hydrogens (tertiary/aromatic N) is 1. The highest BCUT2D eigenvalue weighted by molar-refractivity contribution is 5.79. The second-order valence-corrected chi connectivity index (χ2v) is 4.05. The molecule has 90 valence electrons. The molecule has 0 aliphatic heterocycles. The van der Waals surface area contributed by atoms with Gasteiger partial charge in [0.15, 0.2) is 0 Å². The Kier molecular flexibility index (Phi) is 8.38. The van der Waals surface area contributed by atoms with E-state index in [0.29, 0.717) is 6.54 Å². The zero-order valence-electron chi connectivity index (χ0n) is 10.5. The van der Waals surface area contributed by atoms with Crippen LogP contribution in [0.25, 0.3) is 0 Å². The molecule has 0 bridgehead atoms. The lowest BCUT2D eigenvalue weighted by molar-refractivity contribution is -0.135. The van der Waals surface area contributed by atoms with Gasteiger partial charge in [0.2, 0.25) is 5.91 Å². The Morgan fingerprint density at radius 2 is 1.67 bits per heavy atom. The standard InChI is InChI=1S/C12H26N2O/c1-4-7-11(10-13)12(15)14(8-5-2)9-6-3/h11H,4-10,13H2,1-3H3. The van der Waals surface area contributed by atoms with E-state index >= 15 is 0 Å². The van der Waals surface area contributed by atoms with Gasteiger partial charge in [-0.2, -0.15) is 0 Å². The molecule has 0 aromatic heterocycles. The average molecular weight is 214 g/mol. The van der Waals surface area contributed by atoms with Gasteiger partial charge in [-0.05, 0) is 19.3 Å². The van der Waals surface area contributed by atoms with Crippen LogP contribution in [0.3, 0.4) is 0 Å². The SMILES string of the molecule is CCCC(CN)C(=O)N(CCC)CCC. The van der Waals surface area contributed by atoms with E-state index < -0.39 is 0 Å². The van der Waals surface area contributed by atoms with Crippen LogP contribution in [0.1, 0.15) is 46.5 Å². The minimum Gasteiger partial charge on any atom is -0.342 e. The molecule has 1 unspecified atom stereocenters. The van der Waals surface area contributed by atoms with Crippen LogP contribution in [0.2, 0.25) is 0 Å². The van der Waals surface area contributed by atoms with Crippen molar-refractivity contribution in [3.63, 3.8) is 0 Å². The number of carbonyl (C=O) groups excluding carboxylic acids is 1. The van der Waals surface area contributed by atoms with Gasteiger partial charge in [-0.1, -0.05) is 27.2 Å². The van der Waals surface area contributed by atoms with E-state index in [1.165, 1.54) is 0 Å². The van der Waals surface area contributed by atoms with Crippen molar-refractivity contribution in [1.29, 1.82) is 0 Å². The van der Waals surface area contributed by atoms with Gasteiger partial charge in [-0.25, -0.2) is 0 Å². The fraction of sp³-hybridized carbons (Fsp3) is 0.917. The Morgan fingerprint density at radius 1 is 1.13 bits per heavy atom. The van der Waals surface area contributed by atoms with Gasteiger partial charge in [-0.3, -0.25) is 4.79 Å². The zero-order chi connectivity index (χ0) is 11.7. The Bertz CT molecular complexity index is 165. The van der Waals surface area contributed by atoms with Crippen LogP contribution in [-0.2, 0) is 4.79 Å². The van der Waals surface area contributed by atoms with Gasteiger partial charge >= 0.3 is 0 Å². The molecule has 1 amide bonds. The van der Waals surface area contributed by atoms with Crippen LogP contribution in [0.5, 0.6) is 0 Å². The Balaban J connectivity index is 4.29. The number of hydrogen-bond acceptors (Lipinski definition) is 2. The summed E-state index contributed by atoms with van der Waals surface area (Å²) in [6.07, 6.45) is 3.99. The third-order valence-electron chi connectivity index (χ3n) is 2.57. The molecule has 3 heteroatoms. The molecule has 0 saturated heterocycles. The first kappa shape index (κ1) is 14.4. The van der Waals surface area contributed by atoms with Crippen molar-refractivity contribution in [2.75, 3.05) is 19.6 Å². The predicted molar refractivity (Wildman–Crippen MR) is 64.6 cm³/mol. The number of carbonyl (C=O) groups is 1. The number of amides is 1. The van der Waals surface area contributed by atoms with E-state index in [1.54, 1.807) is 0 Å². The summed E-state index contributed by atoms with van der Waals surface area (Å²) in [5.74, 6) is 0.288. The number of hydrogen-bond donors (Lipinski definition) is 1. The number of nitrogens with two attached hydrogens (primary N) is 1. The molecule has 15 heavy (non-hydrogen) atoms. The minimum atomic E-state index is 0.0353. The van der Waals surface area contributed by atoms with Crippen LogP contribution >= 0.6 is 0 Å². The lowest BCUT2D eigenvalue weighted by atomic mass is 10.0. The molecule has 0 heterocycles.